The first-order valence-electron chi connectivity index (χ1n) is 6.12. The third-order valence-electron chi connectivity index (χ3n) is 2.69. The lowest BCUT2D eigenvalue weighted by molar-refractivity contribution is -0.123. The van der Waals surface area contributed by atoms with Crippen LogP contribution in [-0.2, 0) is 11.2 Å². The number of nitrogens with one attached hydrogen (secondary N) is 2. The van der Waals surface area contributed by atoms with E-state index in [9.17, 15) is 14.4 Å². The minimum atomic E-state index is -1.20. The highest BCUT2D eigenvalue weighted by atomic mass is 16.4. The van der Waals surface area contributed by atoms with Gasteiger partial charge in [-0.2, -0.15) is 0 Å². The van der Waals surface area contributed by atoms with E-state index in [1.165, 1.54) is 18.7 Å². The van der Waals surface area contributed by atoms with Gasteiger partial charge < -0.3 is 10.4 Å². The molecule has 1 unspecified atom stereocenters. The molecule has 0 aliphatic carbocycles. The Hall–Kier alpha value is -2.45. The molecule has 3 N–H and O–H groups in total. The Bertz CT molecular complexity index is 525. The second-order valence-corrected chi connectivity index (χ2v) is 4.13. The molecule has 0 saturated carbocycles. The number of amides is 3. The molecule has 3 amide bonds. The van der Waals surface area contributed by atoms with Crippen LogP contribution in [0.2, 0.25) is 0 Å². The molecule has 110 valence electrons. The molecule has 1 rings (SSSR count). The van der Waals surface area contributed by atoms with Gasteiger partial charge in [0.05, 0.1) is 5.69 Å². The first-order chi connectivity index (χ1) is 9.42. The number of aromatic carboxylic acids is 1. The van der Waals surface area contributed by atoms with E-state index in [4.69, 9.17) is 5.11 Å². The molecule has 0 aliphatic rings. The first kappa shape index (κ1) is 15.6. The van der Waals surface area contributed by atoms with Crippen molar-refractivity contribution in [2.75, 3.05) is 7.05 Å². The summed E-state index contributed by atoms with van der Waals surface area (Å²) in [6, 6.07) is -1.48. The van der Waals surface area contributed by atoms with Crippen LogP contribution in [0.15, 0.2) is 0 Å². The van der Waals surface area contributed by atoms with Gasteiger partial charge in [-0.1, -0.05) is 18.6 Å². The number of hydrogen-bond acceptors (Lipinski definition) is 5. The number of imide groups is 1. The van der Waals surface area contributed by atoms with Crippen molar-refractivity contribution in [1.29, 1.82) is 0 Å². The van der Waals surface area contributed by atoms with Crippen LogP contribution in [-0.4, -0.2) is 45.1 Å². The van der Waals surface area contributed by atoms with Gasteiger partial charge in [0, 0.05) is 7.05 Å². The molecule has 0 bridgehead atoms. The van der Waals surface area contributed by atoms with E-state index in [0.717, 1.165) is 0 Å². The molecule has 0 saturated heterocycles. The minimum Gasteiger partial charge on any atom is -0.476 e. The van der Waals surface area contributed by atoms with Gasteiger partial charge in [0.1, 0.15) is 6.04 Å². The Balaban J connectivity index is 3.03. The standard InChI is InChI=1S/C11H17N5O4/c1-4-5-7-8(10(18)19)14-15-16(7)6(2)9(17)13-11(20)12-3/h6H,4-5H2,1-3H3,(H,18,19)(H2,12,13,17,20). The summed E-state index contributed by atoms with van der Waals surface area (Å²) in [5, 5.41) is 20.7. The molecule has 9 nitrogen and oxygen atoms in total. The summed E-state index contributed by atoms with van der Waals surface area (Å²) in [5.41, 5.74) is 0.186. The van der Waals surface area contributed by atoms with Crippen LogP contribution in [0.5, 0.6) is 0 Å². The van der Waals surface area contributed by atoms with Gasteiger partial charge >= 0.3 is 12.0 Å². The van der Waals surface area contributed by atoms with Crippen LogP contribution in [0, 0.1) is 0 Å². The number of aromatic nitrogens is 3. The molecular weight excluding hydrogens is 266 g/mol. The average molecular weight is 283 g/mol. The second-order valence-electron chi connectivity index (χ2n) is 4.13. The van der Waals surface area contributed by atoms with E-state index in [1.807, 2.05) is 6.92 Å². The molecule has 1 atom stereocenters. The van der Waals surface area contributed by atoms with Crippen LogP contribution in [0.25, 0.3) is 0 Å². The van der Waals surface area contributed by atoms with Crippen molar-refractivity contribution in [2.24, 2.45) is 0 Å². The molecular formula is C11H17N5O4. The fraction of sp³-hybridized carbons (Fsp3) is 0.545. The van der Waals surface area contributed by atoms with Crippen molar-refractivity contribution in [1.82, 2.24) is 25.6 Å². The Morgan fingerprint density at radius 1 is 1.40 bits per heavy atom. The lowest BCUT2D eigenvalue weighted by atomic mass is 10.2. The zero-order valence-corrected chi connectivity index (χ0v) is 11.5. The van der Waals surface area contributed by atoms with Crippen molar-refractivity contribution >= 4 is 17.9 Å². The molecule has 1 aromatic heterocycles. The zero-order valence-electron chi connectivity index (χ0n) is 11.5. The maximum absolute atomic E-state index is 11.8. The third kappa shape index (κ3) is 3.31. The zero-order chi connectivity index (χ0) is 15.3. The summed E-state index contributed by atoms with van der Waals surface area (Å²) in [7, 11) is 1.38. The van der Waals surface area contributed by atoms with Crippen molar-refractivity contribution in [3.05, 3.63) is 11.4 Å². The van der Waals surface area contributed by atoms with Crippen LogP contribution in [0.1, 0.15) is 42.5 Å². The predicted molar refractivity (Wildman–Crippen MR) is 68.3 cm³/mol. The fourth-order valence-electron chi connectivity index (χ4n) is 1.65. The van der Waals surface area contributed by atoms with Gasteiger partial charge in [-0.25, -0.2) is 14.3 Å². The Labute approximate surface area is 115 Å². The average Bonchev–Trinajstić information content (AvgIpc) is 2.81. The maximum atomic E-state index is 11.8. The largest absolute Gasteiger partial charge is 0.476 e. The lowest BCUT2D eigenvalue weighted by Crippen LogP contribution is -2.41. The summed E-state index contributed by atoms with van der Waals surface area (Å²) in [4.78, 5) is 34.0. The van der Waals surface area contributed by atoms with E-state index in [-0.39, 0.29) is 5.69 Å². The number of carboxylic acids is 1. The van der Waals surface area contributed by atoms with Crippen LogP contribution < -0.4 is 10.6 Å². The first-order valence-corrected chi connectivity index (χ1v) is 6.12. The molecule has 1 aromatic rings. The molecule has 1 heterocycles. The molecule has 9 heteroatoms. The lowest BCUT2D eigenvalue weighted by Gasteiger charge is -2.14. The third-order valence-corrected chi connectivity index (χ3v) is 2.69. The molecule has 0 aliphatic heterocycles. The molecule has 20 heavy (non-hydrogen) atoms. The number of carbonyl (C=O) groups is 3. The van der Waals surface area contributed by atoms with Crippen LogP contribution >= 0.6 is 0 Å². The van der Waals surface area contributed by atoms with Crippen LogP contribution in [0.3, 0.4) is 0 Å². The maximum Gasteiger partial charge on any atom is 0.358 e. The van der Waals surface area contributed by atoms with Gasteiger partial charge in [0.25, 0.3) is 5.91 Å². The summed E-state index contributed by atoms with van der Waals surface area (Å²) < 4.78 is 1.23. The Morgan fingerprint density at radius 2 is 2.05 bits per heavy atom. The van der Waals surface area contributed by atoms with Crippen molar-refractivity contribution < 1.29 is 19.5 Å². The number of carbonyl (C=O) groups excluding carboxylic acids is 2. The molecule has 0 fully saturated rings. The SMILES string of the molecule is CCCc1c(C(=O)O)nnn1C(C)C(=O)NC(=O)NC. The summed E-state index contributed by atoms with van der Waals surface area (Å²) in [6.07, 6.45) is 1.10. The normalized spacial score (nSPS) is 11.8. The van der Waals surface area contributed by atoms with Gasteiger partial charge in [-0.3, -0.25) is 10.1 Å². The smallest absolute Gasteiger partial charge is 0.358 e. The summed E-state index contributed by atoms with van der Waals surface area (Å²) in [6.45, 7) is 3.38. The summed E-state index contributed by atoms with van der Waals surface area (Å²) in [5.74, 6) is -1.79. The van der Waals surface area contributed by atoms with Gasteiger partial charge in [0.2, 0.25) is 0 Å². The molecule has 0 aromatic carbocycles. The van der Waals surface area contributed by atoms with Crippen molar-refractivity contribution in [3.63, 3.8) is 0 Å². The van der Waals surface area contributed by atoms with Gasteiger partial charge in [-0.15, -0.1) is 5.10 Å². The highest BCUT2D eigenvalue weighted by Crippen LogP contribution is 2.14. The van der Waals surface area contributed by atoms with Gasteiger partial charge in [-0.05, 0) is 13.3 Å². The number of carboxylic acid groups (broad SMARTS) is 1. The minimum absolute atomic E-state index is 0.175. The topological polar surface area (TPSA) is 126 Å². The van der Waals surface area contributed by atoms with Crippen molar-refractivity contribution in [3.8, 4) is 0 Å². The van der Waals surface area contributed by atoms with E-state index in [0.29, 0.717) is 18.5 Å². The highest BCUT2D eigenvalue weighted by Gasteiger charge is 2.25. The van der Waals surface area contributed by atoms with E-state index < -0.39 is 23.9 Å². The number of nitrogens with zero attached hydrogens (tertiary/aromatic N) is 3. The van der Waals surface area contributed by atoms with Gasteiger partial charge in [0.15, 0.2) is 5.69 Å². The monoisotopic (exact) mass is 283 g/mol. The fourth-order valence-corrected chi connectivity index (χ4v) is 1.65. The van der Waals surface area contributed by atoms with E-state index in [2.05, 4.69) is 20.9 Å². The number of hydrogen-bond donors (Lipinski definition) is 3. The quantitative estimate of drug-likeness (QED) is 0.695. The molecule has 0 spiro atoms. The summed E-state index contributed by atoms with van der Waals surface area (Å²) >= 11 is 0. The molecule has 0 radical (unpaired) electrons. The van der Waals surface area contributed by atoms with Crippen LogP contribution in [0.4, 0.5) is 4.79 Å². The number of urea groups is 1. The second kappa shape index (κ2) is 6.64. The van der Waals surface area contributed by atoms with E-state index in [1.54, 1.807) is 0 Å². The Kier molecular flexibility index (Phi) is 5.18. The Morgan fingerprint density at radius 3 is 2.55 bits per heavy atom. The van der Waals surface area contributed by atoms with Crippen molar-refractivity contribution in [2.45, 2.75) is 32.7 Å². The highest BCUT2D eigenvalue weighted by molar-refractivity contribution is 5.96. The van der Waals surface area contributed by atoms with E-state index >= 15 is 0 Å². The predicted octanol–water partition coefficient (Wildman–Crippen LogP) is -0.0546. The number of rotatable bonds is 5.